The number of hydrogen-bond donors (Lipinski definition) is 3. The molecule has 0 unspecified atom stereocenters. The van der Waals surface area contributed by atoms with Crippen molar-refractivity contribution in [2.45, 2.75) is 18.9 Å². The summed E-state index contributed by atoms with van der Waals surface area (Å²) in [6, 6.07) is 3.61. The Labute approximate surface area is 139 Å². The van der Waals surface area contributed by atoms with Gasteiger partial charge in [-0.3, -0.25) is 4.79 Å². The van der Waals surface area contributed by atoms with Gasteiger partial charge in [-0.1, -0.05) is 0 Å². The number of anilines is 2. The van der Waals surface area contributed by atoms with Crippen molar-refractivity contribution in [3.05, 3.63) is 36.5 Å². The minimum absolute atomic E-state index is 0.127. The van der Waals surface area contributed by atoms with Crippen LogP contribution in [0.3, 0.4) is 0 Å². The summed E-state index contributed by atoms with van der Waals surface area (Å²) >= 11 is 0. The van der Waals surface area contributed by atoms with Gasteiger partial charge in [0.25, 0.3) is 5.91 Å². The molecule has 0 saturated carbocycles. The fourth-order valence-corrected chi connectivity index (χ4v) is 2.79. The van der Waals surface area contributed by atoms with E-state index in [1.165, 1.54) is 18.9 Å². The van der Waals surface area contributed by atoms with Crippen LogP contribution in [0.2, 0.25) is 0 Å². The highest BCUT2D eigenvalue weighted by atomic mass is 16.3. The molecule has 0 radical (unpaired) electrons. The van der Waals surface area contributed by atoms with Gasteiger partial charge >= 0.3 is 0 Å². The first kappa shape index (κ1) is 16.3. The molecule has 0 aromatic carbocycles. The Morgan fingerprint density at radius 1 is 1.42 bits per heavy atom. The smallest absolute Gasteiger partial charge is 0.254 e. The number of aromatic nitrogens is 2. The Bertz CT molecular complexity index is 661. The molecule has 24 heavy (non-hydrogen) atoms. The molecule has 8 nitrogen and oxygen atoms in total. The Hall–Kier alpha value is -2.61. The highest BCUT2D eigenvalue weighted by Gasteiger charge is 2.25. The van der Waals surface area contributed by atoms with Gasteiger partial charge in [0.15, 0.2) is 0 Å². The molecule has 0 bridgehead atoms. The lowest BCUT2D eigenvalue weighted by Crippen LogP contribution is -2.33. The van der Waals surface area contributed by atoms with Crippen LogP contribution in [-0.4, -0.2) is 53.3 Å². The molecule has 128 valence electrons. The number of hydrogen-bond acceptors (Lipinski definition) is 7. The predicted molar refractivity (Wildman–Crippen MR) is 89.0 cm³/mol. The van der Waals surface area contributed by atoms with Crippen molar-refractivity contribution in [3.63, 3.8) is 0 Å². The second-order valence-electron chi connectivity index (χ2n) is 5.63. The lowest BCUT2D eigenvalue weighted by Gasteiger charge is -2.24. The Morgan fingerprint density at radius 3 is 3.12 bits per heavy atom. The van der Waals surface area contributed by atoms with Gasteiger partial charge in [-0.15, -0.1) is 0 Å². The number of aliphatic hydroxyl groups excluding tert-OH is 1. The van der Waals surface area contributed by atoms with E-state index in [-0.39, 0.29) is 18.6 Å². The molecule has 3 rings (SSSR count). The van der Waals surface area contributed by atoms with E-state index in [0.717, 1.165) is 25.2 Å². The maximum absolute atomic E-state index is 11.8. The molecular weight excluding hydrogens is 310 g/mol. The number of rotatable bonds is 7. The van der Waals surface area contributed by atoms with Gasteiger partial charge in [-0.2, -0.15) is 0 Å². The first-order valence-electron chi connectivity index (χ1n) is 8.02. The minimum Gasteiger partial charge on any atom is -0.472 e. The van der Waals surface area contributed by atoms with Gasteiger partial charge in [0, 0.05) is 25.7 Å². The average molecular weight is 331 g/mol. The third-order valence-electron chi connectivity index (χ3n) is 4.03. The van der Waals surface area contributed by atoms with Crippen molar-refractivity contribution >= 4 is 17.5 Å². The van der Waals surface area contributed by atoms with Crippen LogP contribution in [0.5, 0.6) is 0 Å². The number of furan rings is 1. The number of nitrogens with zero attached hydrogens (tertiary/aromatic N) is 3. The highest BCUT2D eigenvalue weighted by molar-refractivity contribution is 5.93. The standard InChI is InChI=1S/C16H21N5O3/c22-9-13-2-1-6-21(13)15-8-14(19-11-20-15)17-4-5-18-16(23)12-3-7-24-10-12/h3,7-8,10-11,13,22H,1-2,4-6,9H2,(H,18,23)(H,17,19,20)/t13-/m0/s1. The van der Waals surface area contributed by atoms with Gasteiger partial charge in [-0.25, -0.2) is 9.97 Å². The molecule has 1 aliphatic heterocycles. The van der Waals surface area contributed by atoms with Crippen molar-refractivity contribution in [3.8, 4) is 0 Å². The summed E-state index contributed by atoms with van der Waals surface area (Å²) in [5, 5.41) is 15.4. The number of carbonyl (C=O) groups is 1. The summed E-state index contributed by atoms with van der Waals surface area (Å²) in [6.07, 6.45) is 6.41. The highest BCUT2D eigenvalue weighted by Crippen LogP contribution is 2.24. The van der Waals surface area contributed by atoms with Crippen LogP contribution < -0.4 is 15.5 Å². The zero-order valence-electron chi connectivity index (χ0n) is 13.3. The lowest BCUT2D eigenvalue weighted by molar-refractivity contribution is 0.0954. The molecule has 1 fully saturated rings. The molecule has 8 heteroatoms. The van der Waals surface area contributed by atoms with Crippen molar-refractivity contribution in [2.24, 2.45) is 0 Å². The molecule has 1 amide bonds. The normalized spacial score (nSPS) is 17.0. The summed E-state index contributed by atoms with van der Waals surface area (Å²) < 4.78 is 4.88. The van der Waals surface area contributed by atoms with E-state index in [4.69, 9.17) is 4.42 Å². The monoisotopic (exact) mass is 331 g/mol. The van der Waals surface area contributed by atoms with Gasteiger partial charge in [0.1, 0.15) is 24.2 Å². The fraction of sp³-hybridized carbons (Fsp3) is 0.438. The molecule has 3 heterocycles. The largest absolute Gasteiger partial charge is 0.472 e. The third kappa shape index (κ3) is 3.83. The molecule has 1 atom stereocenters. The molecule has 0 spiro atoms. The number of carbonyl (C=O) groups excluding carboxylic acids is 1. The zero-order chi connectivity index (χ0) is 16.8. The van der Waals surface area contributed by atoms with E-state index >= 15 is 0 Å². The second-order valence-corrected chi connectivity index (χ2v) is 5.63. The van der Waals surface area contributed by atoms with Crippen molar-refractivity contribution in [1.29, 1.82) is 0 Å². The van der Waals surface area contributed by atoms with E-state index < -0.39 is 0 Å². The first-order chi connectivity index (χ1) is 11.8. The number of nitrogens with one attached hydrogen (secondary N) is 2. The maximum atomic E-state index is 11.8. The minimum atomic E-state index is -0.170. The first-order valence-corrected chi connectivity index (χ1v) is 8.02. The van der Waals surface area contributed by atoms with E-state index in [9.17, 15) is 9.90 Å². The predicted octanol–water partition coefficient (Wildman–Crippen LogP) is 0.873. The van der Waals surface area contributed by atoms with Gasteiger partial charge in [0.2, 0.25) is 0 Å². The van der Waals surface area contributed by atoms with E-state index in [0.29, 0.717) is 24.5 Å². The van der Waals surface area contributed by atoms with Crippen molar-refractivity contribution in [1.82, 2.24) is 15.3 Å². The van der Waals surface area contributed by atoms with Crippen LogP contribution in [0.1, 0.15) is 23.2 Å². The molecule has 1 saturated heterocycles. The van der Waals surface area contributed by atoms with Gasteiger partial charge in [0.05, 0.1) is 24.5 Å². The Morgan fingerprint density at radius 2 is 2.33 bits per heavy atom. The summed E-state index contributed by atoms with van der Waals surface area (Å²) in [4.78, 5) is 22.3. The lowest BCUT2D eigenvalue weighted by atomic mass is 10.2. The molecule has 2 aromatic heterocycles. The van der Waals surface area contributed by atoms with Crippen LogP contribution in [-0.2, 0) is 0 Å². The van der Waals surface area contributed by atoms with Crippen LogP contribution >= 0.6 is 0 Å². The van der Waals surface area contributed by atoms with Crippen LogP contribution in [0.4, 0.5) is 11.6 Å². The number of amides is 1. The fourth-order valence-electron chi connectivity index (χ4n) is 2.79. The second kappa shape index (κ2) is 7.78. The topological polar surface area (TPSA) is 104 Å². The van der Waals surface area contributed by atoms with E-state index in [2.05, 4.69) is 25.5 Å². The summed E-state index contributed by atoms with van der Waals surface area (Å²) in [5.74, 6) is 1.34. The summed E-state index contributed by atoms with van der Waals surface area (Å²) in [6.45, 7) is 2.03. The molecule has 0 aliphatic carbocycles. The van der Waals surface area contributed by atoms with Crippen LogP contribution in [0.15, 0.2) is 35.4 Å². The SMILES string of the molecule is O=C(NCCNc1cc(N2CCC[C@H]2CO)ncn1)c1ccoc1. The van der Waals surface area contributed by atoms with Gasteiger partial charge in [-0.05, 0) is 18.9 Å². The molecule has 2 aromatic rings. The van der Waals surface area contributed by atoms with Crippen molar-refractivity contribution in [2.75, 3.05) is 36.5 Å². The van der Waals surface area contributed by atoms with Crippen molar-refractivity contribution < 1.29 is 14.3 Å². The summed E-state index contributed by atoms with van der Waals surface area (Å²) in [7, 11) is 0. The third-order valence-corrected chi connectivity index (χ3v) is 4.03. The maximum Gasteiger partial charge on any atom is 0.254 e. The van der Waals surface area contributed by atoms with Crippen LogP contribution in [0.25, 0.3) is 0 Å². The van der Waals surface area contributed by atoms with Crippen LogP contribution in [0, 0.1) is 0 Å². The average Bonchev–Trinajstić information content (AvgIpc) is 3.30. The Kier molecular flexibility index (Phi) is 5.27. The zero-order valence-corrected chi connectivity index (χ0v) is 13.3. The van der Waals surface area contributed by atoms with E-state index in [1.54, 1.807) is 6.07 Å². The Balaban J connectivity index is 1.49. The van der Waals surface area contributed by atoms with Gasteiger partial charge < -0.3 is 25.1 Å². The molecule has 3 N–H and O–H groups in total. The molecule has 1 aliphatic rings. The molecular formula is C16H21N5O3. The quantitative estimate of drug-likeness (QED) is 0.647. The summed E-state index contributed by atoms with van der Waals surface area (Å²) in [5.41, 5.74) is 0.503. The number of aliphatic hydroxyl groups is 1. The van der Waals surface area contributed by atoms with E-state index in [1.807, 2.05) is 6.07 Å².